The molecule has 0 spiro atoms. The second kappa shape index (κ2) is 8.24. The van der Waals surface area contributed by atoms with Gasteiger partial charge in [0.05, 0.1) is 6.61 Å². The fraction of sp³-hybridized carbons (Fsp3) is 0.611. The number of rotatable bonds is 7. The molecule has 0 N–H and O–H groups in total. The van der Waals surface area contributed by atoms with Crippen molar-refractivity contribution >= 4 is 5.82 Å². The molecule has 6 nitrogen and oxygen atoms in total. The highest BCUT2D eigenvalue weighted by Crippen LogP contribution is 2.28. The van der Waals surface area contributed by atoms with Crippen molar-refractivity contribution in [2.24, 2.45) is 0 Å². The van der Waals surface area contributed by atoms with E-state index < -0.39 is 0 Å². The summed E-state index contributed by atoms with van der Waals surface area (Å²) in [6.45, 7) is 5.80. The van der Waals surface area contributed by atoms with Gasteiger partial charge >= 0.3 is 0 Å². The molecule has 0 radical (unpaired) electrons. The highest BCUT2D eigenvalue weighted by Gasteiger charge is 2.26. The number of anilines is 1. The van der Waals surface area contributed by atoms with Crippen LogP contribution in [-0.2, 0) is 17.7 Å². The molecule has 2 aromatic heterocycles. The molecule has 2 aromatic rings. The van der Waals surface area contributed by atoms with Crippen LogP contribution in [0.1, 0.15) is 43.8 Å². The normalized spacial score (nSPS) is 18.1. The molecule has 130 valence electrons. The van der Waals surface area contributed by atoms with Crippen molar-refractivity contribution in [1.29, 1.82) is 0 Å². The predicted molar refractivity (Wildman–Crippen MR) is 94.3 cm³/mol. The van der Waals surface area contributed by atoms with E-state index in [9.17, 15) is 0 Å². The van der Waals surface area contributed by atoms with E-state index in [-0.39, 0.29) is 0 Å². The zero-order valence-corrected chi connectivity index (χ0v) is 14.7. The fourth-order valence-electron chi connectivity index (χ4n) is 3.32. The van der Waals surface area contributed by atoms with Crippen LogP contribution in [0.4, 0.5) is 5.82 Å². The van der Waals surface area contributed by atoms with Crippen LogP contribution in [0, 0.1) is 0 Å². The Labute approximate surface area is 143 Å². The Morgan fingerprint density at radius 1 is 1.33 bits per heavy atom. The Morgan fingerprint density at radius 3 is 3.00 bits per heavy atom. The summed E-state index contributed by atoms with van der Waals surface area (Å²) in [6.07, 6.45) is 6.03. The first-order valence-corrected chi connectivity index (χ1v) is 8.90. The maximum atomic E-state index is 5.17. The summed E-state index contributed by atoms with van der Waals surface area (Å²) in [7, 11) is 1.72. The molecule has 0 amide bonds. The van der Waals surface area contributed by atoms with Crippen LogP contribution in [0.15, 0.2) is 24.4 Å². The SMILES string of the molecule is CCCn1nc(CCOC)nc1[C@H]1CCCN(c2ccccn2)C1. The Morgan fingerprint density at radius 2 is 2.25 bits per heavy atom. The molecule has 3 rings (SSSR count). The lowest BCUT2D eigenvalue weighted by Crippen LogP contribution is -2.36. The van der Waals surface area contributed by atoms with Gasteiger partial charge in [0.2, 0.25) is 0 Å². The van der Waals surface area contributed by atoms with Crippen molar-refractivity contribution in [2.45, 2.75) is 45.1 Å². The average molecular weight is 329 g/mol. The third-order valence-electron chi connectivity index (χ3n) is 4.47. The monoisotopic (exact) mass is 329 g/mol. The maximum Gasteiger partial charge on any atom is 0.153 e. The predicted octanol–water partition coefficient (Wildman–Crippen LogP) is 2.66. The number of hydrogen-bond donors (Lipinski definition) is 0. The van der Waals surface area contributed by atoms with Crippen molar-refractivity contribution in [2.75, 3.05) is 31.7 Å². The van der Waals surface area contributed by atoms with E-state index in [1.54, 1.807) is 7.11 Å². The standard InChI is InChI=1S/C18H27N5O/c1-3-11-23-18(20-16(21-23)9-13-24-2)15-7-6-12-22(14-15)17-8-4-5-10-19-17/h4-5,8,10,15H,3,6-7,9,11-14H2,1-2H3/t15-/m0/s1. The van der Waals surface area contributed by atoms with E-state index in [0.717, 1.165) is 62.8 Å². The van der Waals surface area contributed by atoms with Crippen LogP contribution in [0.2, 0.25) is 0 Å². The summed E-state index contributed by atoms with van der Waals surface area (Å²) < 4.78 is 7.28. The van der Waals surface area contributed by atoms with E-state index in [1.807, 2.05) is 18.3 Å². The van der Waals surface area contributed by atoms with Gasteiger partial charge in [0.25, 0.3) is 0 Å². The van der Waals surface area contributed by atoms with Gasteiger partial charge in [0, 0.05) is 45.3 Å². The van der Waals surface area contributed by atoms with Crippen LogP contribution in [0.5, 0.6) is 0 Å². The molecule has 6 heteroatoms. The second-order valence-corrected chi connectivity index (χ2v) is 6.33. The van der Waals surface area contributed by atoms with Crippen molar-refractivity contribution < 1.29 is 4.74 Å². The molecule has 0 aliphatic carbocycles. The summed E-state index contributed by atoms with van der Waals surface area (Å²) >= 11 is 0. The molecule has 1 aliphatic rings. The van der Waals surface area contributed by atoms with E-state index in [0.29, 0.717) is 12.5 Å². The van der Waals surface area contributed by atoms with Crippen LogP contribution in [-0.4, -0.2) is 46.6 Å². The topological polar surface area (TPSA) is 56.1 Å². The molecule has 0 bridgehead atoms. The summed E-state index contributed by atoms with van der Waals surface area (Å²) in [4.78, 5) is 11.7. The first-order chi connectivity index (χ1) is 11.8. The first-order valence-electron chi connectivity index (χ1n) is 8.90. The molecule has 0 unspecified atom stereocenters. The number of hydrogen-bond acceptors (Lipinski definition) is 5. The van der Waals surface area contributed by atoms with Gasteiger partial charge in [-0.3, -0.25) is 0 Å². The van der Waals surface area contributed by atoms with E-state index in [4.69, 9.17) is 14.8 Å². The van der Waals surface area contributed by atoms with Crippen molar-refractivity contribution in [3.05, 3.63) is 36.0 Å². The van der Waals surface area contributed by atoms with E-state index >= 15 is 0 Å². The molecule has 1 saturated heterocycles. The lowest BCUT2D eigenvalue weighted by molar-refractivity contribution is 0.200. The van der Waals surface area contributed by atoms with Gasteiger partial charge in [-0.25, -0.2) is 14.6 Å². The highest BCUT2D eigenvalue weighted by atomic mass is 16.5. The molecular formula is C18H27N5O. The van der Waals surface area contributed by atoms with Gasteiger partial charge < -0.3 is 9.64 Å². The number of nitrogens with zero attached hydrogens (tertiary/aromatic N) is 5. The number of aromatic nitrogens is 4. The summed E-state index contributed by atoms with van der Waals surface area (Å²) in [5.74, 6) is 3.50. The lowest BCUT2D eigenvalue weighted by Gasteiger charge is -2.33. The minimum absolute atomic E-state index is 0.413. The maximum absolute atomic E-state index is 5.17. The number of pyridine rings is 1. The van der Waals surface area contributed by atoms with Crippen LogP contribution in [0.25, 0.3) is 0 Å². The summed E-state index contributed by atoms with van der Waals surface area (Å²) in [5, 5.41) is 4.70. The lowest BCUT2D eigenvalue weighted by atomic mass is 9.97. The van der Waals surface area contributed by atoms with Crippen LogP contribution < -0.4 is 4.90 Å². The zero-order chi connectivity index (χ0) is 16.8. The number of methoxy groups -OCH3 is 1. The molecule has 3 heterocycles. The van der Waals surface area contributed by atoms with Crippen LogP contribution in [0.3, 0.4) is 0 Å². The smallest absolute Gasteiger partial charge is 0.153 e. The van der Waals surface area contributed by atoms with Crippen molar-refractivity contribution in [1.82, 2.24) is 19.7 Å². The number of ether oxygens (including phenoxy) is 1. The van der Waals surface area contributed by atoms with Crippen molar-refractivity contribution in [3.63, 3.8) is 0 Å². The summed E-state index contributed by atoms with van der Waals surface area (Å²) in [5.41, 5.74) is 0. The Balaban J connectivity index is 1.78. The molecule has 1 fully saturated rings. The molecular weight excluding hydrogens is 302 g/mol. The molecule has 1 atom stereocenters. The fourth-order valence-corrected chi connectivity index (χ4v) is 3.32. The number of aryl methyl sites for hydroxylation is 1. The van der Waals surface area contributed by atoms with Crippen molar-refractivity contribution in [3.8, 4) is 0 Å². The molecule has 24 heavy (non-hydrogen) atoms. The van der Waals surface area contributed by atoms with Gasteiger partial charge in [-0.1, -0.05) is 13.0 Å². The Kier molecular flexibility index (Phi) is 5.80. The molecule has 0 saturated carbocycles. The third-order valence-corrected chi connectivity index (χ3v) is 4.47. The second-order valence-electron chi connectivity index (χ2n) is 6.33. The largest absolute Gasteiger partial charge is 0.384 e. The average Bonchev–Trinajstić information content (AvgIpc) is 3.04. The Hall–Kier alpha value is -1.95. The van der Waals surface area contributed by atoms with Gasteiger partial charge in [0.1, 0.15) is 11.6 Å². The Bertz CT molecular complexity index is 628. The number of piperidine rings is 1. The van der Waals surface area contributed by atoms with E-state index in [2.05, 4.69) is 27.6 Å². The van der Waals surface area contributed by atoms with Gasteiger partial charge in [0.15, 0.2) is 5.82 Å². The molecule has 1 aliphatic heterocycles. The van der Waals surface area contributed by atoms with Crippen LogP contribution >= 0.6 is 0 Å². The van der Waals surface area contributed by atoms with Gasteiger partial charge in [-0.05, 0) is 31.4 Å². The van der Waals surface area contributed by atoms with Gasteiger partial charge in [-0.2, -0.15) is 5.10 Å². The third kappa shape index (κ3) is 3.93. The minimum Gasteiger partial charge on any atom is -0.384 e. The summed E-state index contributed by atoms with van der Waals surface area (Å²) in [6, 6.07) is 6.10. The minimum atomic E-state index is 0.413. The highest BCUT2D eigenvalue weighted by molar-refractivity contribution is 5.39. The first kappa shape index (κ1) is 16.9. The van der Waals surface area contributed by atoms with E-state index in [1.165, 1.54) is 0 Å². The zero-order valence-electron chi connectivity index (χ0n) is 14.7. The van der Waals surface area contributed by atoms with Gasteiger partial charge in [-0.15, -0.1) is 0 Å². The quantitative estimate of drug-likeness (QED) is 0.781. The molecule has 0 aromatic carbocycles.